The van der Waals surface area contributed by atoms with E-state index < -0.39 is 5.79 Å². The number of rotatable bonds is 1. The van der Waals surface area contributed by atoms with E-state index in [2.05, 4.69) is 6.07 Å². The minimum atomic E-state index is -1.23. The molecule has 6 N–H and O–H groups in total. The van der Waals surface area contributed by atoms with Crippen LogP contribution in [0, 0.1) is 6.07 Å². The predicted octanol–water partition coefficient (Wildman–Crippen LogP) is -0.527. The van der Waals surface area contributed by atoms with Crippen LogP contribution in [0.15, 0.2) is 24.3 Å². The first-order valence-corrected chi connectivity index (χ1v) is 2.94. The van der Waals surface area contributed by atoms with E-state index in [1.165, 1.54) is 0 Å². The van der Waals surface area contributed by atoms with Crippen molar-refractivity contribution in [3.8, 4) is 0 Å². The monoisotopic (exact) mass is 136 g/mol. The van der Waals surface area contributed by atoms with Crippen LogP contribution in [0.4, 0.5) is 0 Å². The number of benzene rings is 1. The van der Waals surface area contributed by atoms with Crippen LogP contribution in [0.2, 0.25) is 0 Å². The molecule has 0 atom stereocenters. The summed E-state index contributed by atoms with van der Waals surface area (Å²) in [4.78, 5) is 0. The Morgan fingerprint density at radius 3 is 1.90 bits per heavy atom. The lowest BCUT2D eigenvalue weighted by molar-refractivity contribution is 0.488. The Kier molecular flexibility index (Phi) is 1.72. The van der Waals surface area contributed by atoms with Crippen molar-refractivity contribution >= 4 is 0 Å². The summed E-state index contributed by atoms with van der Waals surface area (Å²) in [7, 11) is 0. The smallest absolute Gasteiger partial charge is 0.142 e. The fraction of sp³-hybridized carbons (Fsp3) is 0.143. The van der Waals surface area contributed by atoms with Gasteiger partial charge in [-0.3, -0.25) is 17.2 Å². The third-order valence-corrected chi connectivity index (χ3v) is 1.22. The maximum Gasteiger partial charge on any atom is 0.142 e. The zero-order valence-electron chi connectivity index (χ0n) is 5.54. The minimum absolute atomic E-state index is 0.700. The van der Waals surface area contributed by atoms with E-state index in [1.807, 2.05) is 0 Å². The van der Waals surface area contributed by atoms with E-state index >= 15 is 0 Å². The van der Waals surface area contributed by atoms with Gasteiger partial charge in [-0.15, -0.1) is 0 Å². The highest BCUT2D eigenvalue weighted by Gasteiger charge is 2.12. The van der Waals surface area contributed by atoms with E-state index in [9.17, 15) is 0 Å². The van der Waals surface area contributed by atoms with Crippen molar-refractivity contribution < 1.29 is 0 Å². The SMILES string of the molecule is NC(N)(N)c1cc[c]cc1. The molecule has 0 aliphatic heterocycles. The lowest BCUT2D eigenvalue weighted by atomic mass is 10.1. The second kappa shape index (κ2) is 2.38. The van der Waals surface area contributed by atoms with Crippen molar-refractivity contribution in [2.24, 2.45) is 17.2 Å². The molecule has 1 aromatic rings. The molecule has 1 radical (unpaired) electrons. The molecule has 0 aromatic heterocycles. The van der Waals surface area contributed by atoms with Crippen LogP contribution >= 0.6 is 0 Å². The van der Waals surface area contributed by atoms with Crippen molar-refractivity contribution in [3.63, 3.8) is 0 Å². The topological polar surface area (TPSA) is 78.1 Å². The summed E-state index contributed by atoms with van der Waals surface area (Å²) in [5, 5.41) is 0. The number of hydrogen-bond acceptors (Lipinski definition) is 3. The van der Waals surface area contributed by atoms with Gasteiger partial charge in [-0.25, -0.2) is 0 Å². The molecule has 0 bridgehead atoms. The van der Waals surface area contributed by atoms with Gasteiger partial charge in [0.2, 0.25) is 0 Å². The Morgan fingerprint density at radius 1 is 1.10 bits per heavy atom. The average molecular weight is 136 g/mol. The first kappa shape index (κ1) is 7.21. The Labute approximate surface area is 59.8 Å². The third-order valence-electron chi connectivity index (χ3n) is 1.22. The predicted molar refractivity (Wildman–Crippen MR) is 39.5 cm³/mol. The zero-order chi connectivity index (χ0) is 7.61. The Morgan fingerprint density at radius 2 is 1.60 bits per heavy atom. The molecule has 0 spiro atoms. The molecule has 1 rings (SSSR count). The fourth-order valence-corrected chi connectivity index (χ4v) is 0.676. The number of hydrogen-bond donors (Lipinski definition) is 3. The largest absolute Gasteiger partial charge is 0.297 e. The maximum atomic E-state index is 5.40. The molecule has 0 saturated carbocycles. The molecule has 0 fully saturated rings. The van der Waals surface area contributed by atoms with Crippen molar-refractivity contribution in [1.82, 2.24) is 0 Å². The quantitative estimate of drug-likeness (QED) is 0.454. The molecule has 3 nitrogen and oxygen atoms in total. The van der Waals surface area contributed by atoms with E-state index in [0.29, 0.717) is 5.56 Å². The second-order valence-corrected chi connectivity index (χ2v) is 2.22. The lowest BCUT2D eigenvalue weighted by Gasteiger charge is -2.18. The molecule has 10 heavy (non-hydrogen) atoms. The van der Waals surface area contributed by atoms with Crippen LogP contribution in [0.3, 0.4) is 0 Å². The summed E-state index contributed by atoms with van der Waals surface area (Å²) < 4.78 is 0. The van der Waals surface area contributed by atoms with Gasteiger partial charge in [-0.1, -0.05) is 24.3 Å². The zero-order valence-corrected chi connectivity index (χ0v) is 5.54. The van der Waals surface area contributed by atoms with E-state index in [0.717, 1.165) is 0 Å². The minimum Gasteiger partial charge on any atom is -0.297 e. The van der Waals surface area contributed by atoms with Gasteiger partial charge in [0.1, 0.15) is 5.79 Å². The summed E-state index contributed by atoms with van der Waals surface area (Å²) in [5.74, 6) is -1.23. The van der Waals surface area contributed by atoms with Gasteiger partial charge in [0.15, 0.2) is 0 Å². The molecule has 0 unspecified atom stereocenters. The van der Waals surface area contributed by atoms with Gasteiger partial charge in [0, 0.05) is 5.56 Å². The maximum absolute atomic E-state index is 5.40. The molecule has 1 aromatic carbocycles. The lowest BCUT2D eigenvalue weighted by Crippen LogP contribution is -2.54. The molecule has 0 saturated heterocycles. The fourth-order valence-electron chi connectivity index (χ4n) is 0.676. The van der Waals surface area contributed by atoms with Crippen LogP contribution in [0.1, 0.15) is 5.56 Å². The summed E-state index contributed by atoms with van der Waals surface area (Å²) >= 11 is 0. The van der Waals surface area contributed by atoms with Gasteiger partial charge < -0.3 is 0 Å². The molecular formula is C7H10N3. The van der Waals surface area contributed by atoms with Crippen LogP contribution < -0.4 is 17.2 Å². The van der Waals surface area contributed by atoms with Crippen molar-refractivity contribution in [2.75, 3.05) is 0 Å². The second-order valence-electron chi connectivity index (χ2n) is 2.22. The molecule has 0 aliphatic carbocycles. The summed E-state index contributed by atoms with van der Waals surface area (Å²) in [5.41, 5.74) is 16.9. The standard InChI is InChI=1S/C7H10N3/c8-7(9,10)6-4-2-1-3-5-6/h2-5H,8-10H2. The highest BCUT2D eigenvalue weighted by Crippen LogP contribution is 2.03. The Bertz CT molecular complexity index is 200. The van der Waals surface area contributed by atoms with Crippen LogP contribution in [0.25, 0.3) is 0 Å². The molecule has 53 valence electrons. The van der Waals surface area contributed by atoms with E-state index in [1.54, 1.807) is 24.3 Å². The third kappa shape index (κ3) is 1.54. The van der Waals surface area contributed by atoms with E-state index in [4.69, 9.17) is 17.2 Å². The molecule has 0 heterocycles. The first-order valence-electron chi connectivity index (χ1n) is 2.94. The summed E-state index contributed by atoms with van der Waals surface area (Å²) in [6.45, 7) is 0. The molecule has 0 amide bonds. The molecular weight excluding hydrogens is 126 g/mol. The van der Waals surface area contributed by atoms with Gasteiger partial charge >= 0.3 is 0 Å². The highest BCUT2D eigenvalue weighted by molar-refractivity contribution is 5.20. The van der Waals surface area contributed by atoms with Crippen LogP contribution in [-0.4, -0.2) is 0 Å². The normalized spacial score (nSPS) is 11.5. The number of nitrogens with two attached hydrogens (primary N) is 3. The van der Waals surface area contributed by atoms with Gasteiger partial charge in [0.05, 0.1) is 0 Å². The molecule has 0 aliphatic rings. The van der Waals surface area contributed by atoms with Crippen molar-refractivity contribution in [2.45, 2.75) is 5.79 Å². The van der Waals surface area contributed by atoms with Crippen molar-refractivity contribution in [3.05, 3.63) is 35.9 Å². The molecule has 3 heteroatoms. The Balaban J connectivity index is 2.97. The highest BCUT2D eigenvalue weighted by atomic mass is 15.1. The van der Waals surface area contributed by atoms with Crippen LogP contribution in [0.5, 0.6) is 0 Å². The van der Waals surface area contributed by atoms with Gasteiger partial charge in [0.25, 0.3) is 0 Å². The Hall–Kier alpha value is -0.900. The van der Waals surface area contributed by atoms with Crippen LogP contribution in [-0.2, 0) is 5.79 Å². The average Bonchev–Trinajstić information content (AvgIpc) is 1.88. The van der Waals surface area contributed by atoms with Gasteiger partial charge in [-0.05, 0) is 6.07 Å². The summed E-state index contributed by atoms with van der Waals surface area (Å²) in [6, 6.07) is 9.75. The van der Waals surface area contributed by atoms with Gasteiger partial charge in [-0.2, -0.15) is 0 Å². The van der Waals surface area contributed by atoms with E-state index in [-0.39, 0.29) is 0 Å². The summed E-state index contributed by atoms with van der Waals surface area (Å²) in [6.07, 6.45) is 0. The van der Waals surface area contributed by atoms with Crippen molar-refractivity contribution in [1.29, 1.82) is 0 Å². The first-order chi connectivity index (χ1) is 4.61.